The van der Waals surface area contributed by atoms with Gasteiger partial charge in [0.15, 0.2) is 23.7 Å². The quantitative estimate of drug-likeness (QED) is 0.429. The SMILES string of the molecule is O=C(NC[C@H](O)CN1CCc2cc(OCc3cnco3)c(F)c(F)c2C1)c1ccnc(CC2CCC2)c1. The summed E-state index contributed by atoms with van der Waals surface area (Å²) in [6, 6.07) is 4.99. The molecule has 0 spiro atoms. The van der Waals surface area contributed by atoms with Gasteiger partial charge in [0.25, 0.3) is 5.91 Å². The summed E-state index contributed by atoms with van der Waals surface area (Å²) < 4.78 is 40.0. The van der Waals surface area contributed by atoms with E-state index in [9.17, 15) is 18.7 Å². The van der Waals surface area contributed by atoms with Crippen molar-refractivity contribution in [1.82, 2.24) is 20.2 Å². The normalized spacial score (nSPS) is 16.6. The number of nitrogens with zero attached hydrogens (tertiary/aromatic N) is 3. The van der Waals surface area contributed by atoms with Crippen molar-refractivity contribution in [3.8, 4) is 5.75 Å². The van der Waals surface area contributed by atoms with Crippen LogP contribution in [0.5, 0.6) is 5.75 Å². The topological polar surface area (TPSA) is 101 Å². The van der Waals surface area contributed by atoms with Crippen LogP contribution in [0.1, 0.15) is 52.2 Å². The first kappa shape index (κ1) is 25.3. The fourth-order valence-electron chi connectivity index (χ4n) is 4.79. The van der Waals surface area contributed by atoms with E-state index in [-0.39, 0.29) is 43.5 Å². The van der Waals surface area contributed by atoms with Gasteiger partial charge in [-0.25, -0.2) is 9.37 Å². The Morgan fingerprint density at radius 1 is 1.30 bits per heavy atom. The largest absolute Gasteiger partial charge is 0.482 e. The first-order valence-electron chi connectivity index (χ1n) is 12.6. The fourth-order valence-corrected chi connectivity index (χ4v) is 4.79. The number of carbonyl (C=O) groups excluding carboxylic acids is 1. The van der Waals surface area contributed by atoms with Gasteiger partial charge in [0.2, 0.25) is 5.82 Å². The first-order chi connectivity index (χ1) is 18.0. The molecule has 2 aromatic heterocycles. The number of fused-ring (bicyclic) bond motifs is 1. The van der Waals surface area contributed by atoms with Crippen LogP contribution in [0.2, 0.25) is 0 Å². The number of hydrogen-bond donors (Lipinski definition) is 2. The zero-order valence-corrected chi connectivity index (χ0v) is 20.5. The summed E-state index contributed by atoms with van der Waals surface area (Å²) in [7, 11) is 0. The van der Waals surface area contributed by atoms with Crippen molar-refractivity contribution in [3.05, 3.63) is 76.8 Å². The first-order valence-corrected chi connectivity index (χ1v) is 12.6. The van der Waals surface area contributed by atoms with Gasteiger partial charge >= 0.3 is 0 Å². The van der Waals surface area contributed by atoms with Gasteiger partial charge in [-0.1, -0.05) is 19.3 Å². The van der Waals surface area contributed by atoms with E-state index >= 15 is 0 Å². The zero-order valence-electron chi connectivity index (χ0n) is 20.5. The highest BCUT2D eigenvalue weighted by Gasteiger charge is 2.26. The Morgan fingerprint density at radius 2 is 2.16 bits per heavy atom. The van der Waals surface area contributed by atoms with Gasteiger partial charge in [-0.15, -0.1) is 0 Å². The lowest BCUT2D eigenvalue weighted by atomic mass is 9.82. The second-order valence-electron chi connectivity index (χ2n) is 9.78. The summed E-state index contributed by atoms with van der Waals surface area (Å²) in [5, 5.41) is 13.3. The summed E-state index contributed by atoms with van der Waals surface area (Å²) in [6.45, 7) is 0.919. The van der Waals surface area contributed by atoms with E-state index in [2.05, 4.69) is 15.3 Å². The molecule has 3 heterocycles. The number of rotatable bonds is 10. The Balaban J connectivity index is 1.13. The maximum Gasteiger partial charge on any atom is 0.251 e. The Hall–Kier alpha value is -3.37. The van der Waals surface area contributed by atoms with E-state index in [1.807, 2.05) is 11.0 Å². The van der Waals surface area contributed by atoms with Crippen LogP contribution >= 0.6 is 0 Å². The van der Waals surface area contributed by atoms with Gasteiger partial charge in [-0.3, -0.25) is 14.7 Å². The second kappa shape index (κ2) is 11.4. The molecule has 1 saturated carbocycles. The number of aliphatic hydroxyl groups is 1. The molecule has 37 heavy (non-hydrogen) atoms. The number of pyridine rings is 1. The molecule has 0 bridgehead atoms. The Labute approximate surface area is 213 Å². The van der Waals surface area contributed by atoms with E-state index < -0.39 is 17.7 Å². The molecule has 10 heteroatoms. The predicted octanol–water partition coefficient (Wildman–Crippen LogP) is 3.42. The fraction of sp³-hybridized carbons (Fsp3) is 0.444. The summed E-state index contributed by atoms with van der Waals surface area (Å²) in [4.78, 5) is 22.6. The molecule has 1 aromatic carbocycles. The summed E-state index contributed by atoms with van der Waals surface area (Å²) in [6.07, 6.45) is 8.50. The monoisotopic (exact) mass is 512 g/mol. The molecule has 8 nitrogen and oxygen atoms in total. The van der Waals surface area contributed by atoms with Crippen molar-refractivity contribution in [2.75, 3.05) is 19.6 Å². The number of carbonyl (C=O) groups is 1. The van der Waals surface area contributed by atoms with Crippen LogP contribution in [0.25, 0.3) is 0 Å². The molecule has 1 atom stereocenters. The minimum atomic E-state index is -1.05. The summed E-state index contributed by atoms with van der Waals surface area (Å²) in [5.41, 5.74) is 2.34. The van der Waals surface area contributed by atoms with Crippen LogP contribution in [0.4, 0.5) is 8.78 Å². The smallest absolute Gasteiger partial charge is 0.251 e. The maximum atomic E-state index is 14.9. The number of ether oxygens (including phenoxy) is 1. The number of β-amino-alcohol motifs (C(OH)–C–C–N with tert-alkyl or cyclic N) is 1. The van der Waals surface area contributed by atoms with Crippen LogP contribution in [-0.2, 0) is 26.0 Å². The third-order valence-corrected chi connectivity index (χ3v) is 7.07. The van der Waals surface area contributed by atoms with E-state index in [1.165, 1.54) is 37.9 Å². The third kappa shape index (κ3) is 6.14. The third-order valence-electron chi connectivity index (χ3n) is 7.07. The van der Waals surface area contributed by atoms with Crippen LogP contribution in [0.15, 0.2) is 41.4 Å². The highest BCUT2D eigenvalue weighted by atomic mass is 19.2. The maximum absolute atomic E-state index is 14.9. The van der Waals surface area contributed by atoms with Gasteiger partial charge in [-0.2, -0.15) is 4.39 Å². The predicted molar refractivity (Wildman–Crippen MR) is 130 cm³/mol. The molecule has 196 valence electrons. The van der Waals surface area contributed by atoms with Crippen molar-refractivity contribution < 1.29 is 27.8 Å². The molecule has 3 aromatic rings. The lowest BCUT2D eigenvalue weighted by molar-refractivity contribution is 0.0838. The molecule has 2 aliphatic rings. The van der Waals surface area contributed by atoms with Crippen LogP contribution < -0.4 is 10.1 Å². The number of aromatic nitrogens is 2. The van der Waals surface area contributed by atoms with Crippen molar-refractivity contribution in [3.63, 3.8) is 0 Å². The molecule has 0 saturated heterocycles. The Kier molecular flexibility index (Phi) is 7.76. The van der Waals surface area contributed by atoms with Crippen molar-refractivity contribution in [2.45, 2.75) is 51.4 Å². The minimum absolute atomic E-state index is 0.0493. The number of aliphatic hydroxyl groups excluding tert-OH is 1. The van der Waals surface area contributed by atoms with E-state index in [1.54, 1.807) is 12.3 Å². The van der Waals surface area contributed by atoms with Gasteiger partial charge in [0, 0.05) is 49.2 Å². The molecular formula is C27H30F2N4O4. The van der Waals surface area contributed by atoms with E-state index in [0.29, 0.717) is 35.8 Å². The molecule has 1 aliphatic heterocycles. The highest BCUT2D eigenvalue weighted by Crippen LogP contribution is 2.31. The number of amides is 1. The average molecular weight is 513 g/mol. The summed E-state index contributed by atoms with van der Waals surface area (Å²) in [5.74, 6) is -1.39. The lowest BCUT2D eigenvalue weighted by Crippen LogP contribution is -2.42. The molecule has 1 fully saturated rings. The zero-order chi connectivity index (χ0) is 25.8. The number of oxazole rings is 1. The molecular weight excluding hydrogens is 482 g/mol. The van der Waals surface area contributed by atoms with E-state index in [4.69, 9.17) is 9.15 Å². The number of halogens is 2. The van der Waals surface area contributed by atoms with Crippen LogP contribution in [-0.4, -0.2) is 51.6 Å². The van der Waals surface area contributed by atoms with Gasteiger partial charge in [0.1, 0.15) is 6.61 Å². The number of nitrogens with one attached hydrogen (secondary N) is 1. The molecule has 0 unspecified atom stereocenters. The van der Waals surface area contributed by atoms with Crippen LogP contribution in [0, 0.1) is 17.6 Å². The van der Waals surface area contributed by atoms with Gasteiger partial charge in [-0.05, 0) is 42.5 Å². The minimum Gasteiger partial charge on any atom is -0.482 e. The summed E-state index contributed by atoms with van der Waals surface area (Å²) >= 11 is 0. The lowest BCUT2D eigenvalue weighted by Gasteiger charge is -2.31. The van der Waals surface area contributed by atoms with Crippen LogP contribution in [0.3, 0.4) is 0 Å². The van der Waals surface area contributed by atoms with Crippen molar-refractivity contribution in [1.29, 1.82) is 0 Å². The molecule has 1 amide bonds. The average Bonchev–Trinajstić information content (AvgIpc) is 3.40. The Bertz CT molecular complexity index is 1230. The van der Waals surface area contributed by atoms with Crippen molar-refractivity contribution in [2.24, 2.45) is 5.92 Å². The molecule has 0 radical (unpaired) electrons. The number of benzene rings is 1. The standard InChI is InChI=1S/C27H30F2N4O4/c28-25-23-14-33(7-5-18(23)10-24(26(25)29)36-15-22-12-30-16-37-22)13-21(34)11-32-27(35)19-4-6-31-20(9-19)8-17-2-1-3-17/h4,6,9-10,12,16-17,21,34H,1-3,5,7-8,11,13-15H2,(H,32,35)/t21-/m0/s1. The van der Waals surface area contributed by atoms with Gasteiger partial charge < -0.3 is 19.6 Å². The molecule has 1 aliphatic carbocycles. The molecule has 2 N–H and O–H groups in total. The highest BCUT2D eigenvalue weighted by molar-refractivity contribution is 5.94. The molecule has 5 rings (SSSR count). The Morgan fingerprint density at radius 3 is 2.92 bits per heavy atom. The second-order valence-corrected chi connectivity index (χ2v) is 9.78. The van der Waals surface area contributed by atoms with Gasteiger partial charge in [0.05, 0.1) is 12.3 Å². The van der Waals surface area contributed by atoms with E-state index in [0.717, 1.165) is 12.1 Å². The number of hydrogen-bond acceptors (Lipinski definition) is 7. The van der Waals surface area contributed by atoms with Crippen molar-refractivity contribution >= 4 is 5.91 Å².